The van der Waals surface area contributed by atoms with E-state index in [2.05, 4.69) is 29.3 Å². The average Bonchev–Trinajstić information content (AvgIpc) is 3.10. The highest BCUT2D eigenvalue weighted by Gasteiger charge is 2.28. The molecule has 1 aliphatic carbocycles. The second-order valence-electron chi connectivity index (χ2n) is 7.13. The van der Waals surface area contributed by atoms with Crippen LogP contribution in [0.1, 0.15) is 29.0 Å². The summed E-state index contributed by atoms with van der Waals surface area (Å²) < 4.78 is 32.9. The zero-order valence-electron chi connectivity index (χ0n) is 16.6. The van der Waals surface area contributed by atoms with Gasteiger partial charge in [-0.2, -0.15) is 0 Å². The third kappa shape index (κ3) is 4.22. The van der Waals surface area contributed by atoms with E-state index in [1.54, 1.807) is 0 Å². The lowest BCUT2D eigenvalue weighted by atomic mass is 9.98. The van der Waals surface area contributed by atoms with Crippen LogP contribution < -0.4 is 11.1 Å². The van der Waals surface area contributed by atoms with Crippen LogP contribution in [0.15, 0.2) is 60.7 Å². The number of hydrogen-bond acceptors (Lipinski definition) is 3. The molecule has 0 saturated heterocycles. The number of hydrogen-bond donors (Lipinski definition) is 2. The summed E-state index contributed by atoms with van der Waals surface area (Å²) in [6.07, 6.45) is -0.359. The Kier molecular flexibility index (Phi) is 5.85. The predicted molar refractivity (Wildman–Crippen MR) is 115 cm³/mol. The van der Waals surface area contributed by atoms with Crippen LogP contribution >= 0.6 is 0 Å². The van der Waals surface area contributed by atoms with E-state index in [0.29, 0.717) is 0 Å². The van der Waals surface area contributed by atoms with Crippen LogP contribution in [-0.2, 0) is 4.74 Å². The Labute approximate surface area is 179 Å². The van der Waals surface area contributed by atoms with Gasteiger partial charge in [0, 0.05) is 18.9 Å². The van der Waals surface area contributed by atoms with E-state index in [1.807, 2.05) is 36.4 Å². The fourth-order valence-electron chi connectivity index (χ4n) is 3.71. The number of ether oxygens (including phenoxy) is 1. The normalized spacial score (nSPS) is 11.8. The molecule has 0 bridgehead atoms. The predicted octanol–water partition coefficient (Wildman–Crippen LogP) is 4.83. The molecule has 0 atom stereocenters. The summed E-state index contributed by atoms with van der Waals surface area (Å²) in [6, 6.07) is 18.4. The number of halogens is 2. The van der Waals surface area contributed by atoms with Gasteiger partial charge >= 0.3 is 6.09 Å². The Hall–Kier alpha value is -3.85. The standard InChI is InChI=1S/C25H20F2N2O2/c26-22-12-13-23(28)24(27)20(22)11-5-6-14-29-25(30)31-15-21-18-9-3-1-7-16(18)17-8-2-4-10-19(17)21/h1-4,7-10,12-13,21H,6,14-15,28H2,(H,29,30). The first-order chi connectivity index (χ1) is 15.1. The monoisotopic (exact) mass is 418 g/mol. The van der Waals surface area contributed by atoms with Crippen LogP contribution in [0.4, 0.5) is 19.3 Å². The minimum absolute atomic E-state index is 0.0209. The van der Waals surface area contributed by atoms with Gasteiger partial charge in [-0.3, -0.25) is 0 Å². The van der Waals surface area contributed by atoms with Crippen LogP contribution in [0.25, 0.3) is 11.1 Å². The summed E-state index contributed by atoms with van der Waals surface area (Å²) in [4.78, 5) is 12.1. The van der Waals surface area contributed by atoms with Crippen molar-refractivity contribution in [1.29, 1.82) is 0 Å². The van der Waals surface area contributed by atoms with E-state index in [-0.39, 0.29) is 36.7 Å². The molecular weight excluding hydrogens is 398 g/mol. The highest BCUT2D eigenvalue weighted by atomic mass is 19.1. The van der Waals surface area contributed by atoms with Crippen molar-refractivity contribution < 1.29 is 18.3 Å². The Morgan fingerprint density at radius 1 is 1.00 bits per heavy atom. The van der Waals surface area contributed by atoms with Crippen molar-refractivity contribution in [2.75, 3.05) is 18.9 Å². The quantitative estimate of drug-likeness (QED) is 0.363. The first-order valence-corrected chi connectivity index (χ1v) is 9.87. The third-order valence-corrected chi connectivity index (χ3v) is 5.20. The maximum atomic E-state index is 13.8. The molecule has 0 fully saturated rings. The molecule has 31 heavy (non-hydrogen) atoms. The van der Waals surface area contributed by atoms with Crippen molar-refractivity contribution in [2.45, 2.75) is 12.3 Å². The SMILES string of the molecule is Nc1ccc(F)c(C#CCCNC(=O)OCC2c3ccccc3-c3ccccc32)c1F. The first kappa shape index (κ1) is 20.4. The molecule has 6 heteroatoms. The second-order valence-corrected chi connectivity index (χ2v) is 7.13. The number of nitrogens with one attached hydrogen (secondary N) is 1. The van der Waals surface area contributed by atoms with Crippen LogP contribution in [-0.4, -0.2) is 19.2 Å². The van der Waals surface area contributed by atoms with Gasteiger partial charge in [0.25, 0.3) is 0 Å². The van der Waals surface area contributed by atoms with E-state index in [0.717, 1.165) is 34.4 Å². The summed E-state index contributed by atoms with van der Waals surface area (Å²) in [5.74, 6) is 3.38. The maximum Gasteiger partial charge on any atom is 0.407 e. The molecule has 0 aliphatic heterocycles. The topological polar surface area (TPSA) is 64.3 Å². The summed E-state index contributed by atoms with van der Waals surface area (Å²) in [5.41, 5.74) is 9.46. The van der Waals surface area contributed by atoms with Gasteiger partial charge in [0.15, 0.2) is 5.82 Å². The van der Waals surface area contributed by atoms with Crippen LogP contribution in [0.2, 0.25) is 0 Å². The lowest BCUT2D eigenvalue weighted by Gasteiger charge is -2.14. The van der Waals surface area contributed by atoms with Gasteiger partial charge in [-0.1, -0.05) is 60.4 Å². The summed E-state index contributed by atoms with van der Waals surface area (Å²) in [6.45, 7) is 0.403. The van der Waals surface area contributed by atoms with Crippen LogP contribution in [0, 0.1) is 23.5 Å². The van der Waals surface area contributed by atoms with Gasteiger partial charge in [0.05, 0.1) is 11.3 Å². The van der Waals surface area contributed by atoms with Crippen molar-refractivity contribution in [3.8, 4) is 23.0 Å². The van der Waals surface area contributed by atoms with Crippen LogP contribution in [0.5, 0.6) is 0 Å². The highest BCUT2D eigenvalue weighted by molar-refractivity contribution is 5.79. The molecule has 0 aromatic heterocycles. The van der Waals surface area contributed by atoms with Gasteiger partial charge in [-0.15, -0.1) is 0 Å². The number of carbonyl (C=O) groups excluding carboxylic acids is 1. The summed E-state index contributed by atoms with van der Waals surface area (Å²) in [5, 5.41) is 2.61. The average molecular weight is 418 g/mol. The first-order valence-electron chi connectivity index (χ1n) is 9.87. The molecule has 3 aromatic carbocycles. The lowest BCUT2D eigenvalue weighted by Crippen LogP contribution is -2.26. The van der Waals surface area contributed by atoms with E-state index in [4.69, 9.17) is 10.5 Å². The Morgan fingerprint density at radius 3 is 2.32 bits per heavy atom. The second kappa shape index (κ2) is 8.88. The largest absolute Gasteiger partial charge is 0.449 e. The zero-order chi connectivity index (χ0) is 21.8. The van der Waals surface area contributed by atoms with Gasteiger partial charge in [0.2, 0.25) is 0 Å². The van der Waals surface area contributed by atoms with Crippen molar-refractivity contribution in [3.05, 3.63) is 89.0 Å². The van der Waals surface area contributed by atoms with Crippen molar-refractivity contribution >= 4 is 11.8 Å². The number of rotatable bonds is 4. The number of benzene rings is 3. The van der Waals surface area contributed by atoms with E-state index < -0.39 is 17.7 Å². The van der Waals surface area contributed by atoms with Gasteiger partial charge in [0.1, 0.15) is 12.4 Å². The molecule has 0 radical (unpaired) electrons. The molecular formula is C25H20F2N2O2. The van der Waals surface area contributed by atoms with E-state index in [1.165, 1.54) is 0 Å². The molecule has 4 rings (SSSR count). The summed E-state index contributed by atoms with van der Waals surface area (Å²) >= 11 is 0. The van der Waals surface area contributed by atoms with Gasteiger partial charge in [-0.25, -0.2) is 13.6 Å². The molecule has 1 amide bonds. The number of nitrogens with two attached hydrogens (primary N) is 1. The van der Waals surface area contributed by atoms with Gasteiger partial charge in [-0.05, 0) is 34.4 Å². The number of anilines is 1. The Balaban J connectivity index is 1.31. The molecule has 0 unspecified atom stereocenters. The molecule has 0 spiro atoms. The lowest BCUT2D eigenvalue weighted by molar-refractivity contribution is 0.143. The Morgan fingerprint density at radius 2 is 1.65 bits per heavy atom. The highest BCUT2D eigenvalue weighted by Crippen LogP contribution is 2.44. The summed E-state index contributed by atoms with van der Waals surface area (Å²) in [7, 11) is 0. The maximum absolute atomic E-state index is 13.8. The zero-order valence-corrected chi connectivity index (χ0v) is 16.6. The third-order valence-electron chi connectivity index (χ3n) is 5.20. The number of alkyl carbamates (subject to hydrolysis) is 1. The Bertz CT molecular complexity index is 1150. The van der Waals surface area contributed by atoms with Crippen molar-refractivity contribution in [2.24, 2.45) is 0 Å². The number of nitrogen functional groups attached to an aromatic ring is 1. The fourth-order valence-corrected chi connectivity index (χ4v) is 3.71. The molecule has 156 valence electrons. The minimum atomic E-state index is -0.878. The van der Waals surface area contributed by atoms with Crippen LogP contribution in [0.3, 0.4) is 0 Å². The molecule has 3 N–H and O–H groups in total. The molecule has 3 aromatic rings. The fraction of sp³-hybridized carbons (Fsp3) is 0.160. The minimum Gasteiger partial charge on any atom is -0.449 e. The molecule has 4 nitrogen and oxygen atoms in total. The number of carbonyl (C=O) groups is 1. The van der Waals surface area contributed by atoms with Crippen molar-refractivity contribution in [1.82, 2.24) is 5.32 Å². The van der Waals surface area contributed by atoms with E-state index in [9.17, 15) is 13.6 Å². The molecule has 0 saturated carbocycles. The van der Waals surface area contributed by atoms with Crippen molar-refractivity contribution in [3.63, 3.8) is 0 Å². The van der Waals surface area contributed by atoms with Gasteiger partial charge < -0.3 is 15.8 Å². The number of amides is 1. The smallest absolute Gasteiger partial charge is 0.407 e. The molecule has 1 aliphatic rings. The number of fused-ring (bicyclic) bond motifs is 3. The molecule has 0 heterocycles. The van der Waals surface area contributed by atoms with E-state index >= 15 is 0 Å².